The molecular formula is C8H12N2O. The lowest BCUT2D eigenvalue weighted by Crippen LogP contribution is -2.33. The van der Waals surface area contributed by atoms with Crippen LogP contribution < -0.4 is 11.5 Å². The van der Waals surface area contributed by atoms with Crippen LogP contribution in [0, 0.1) is 0 Å². The quantitative estimate of drug-likeness (QED) is 0.402. The zero-order valence-corrected chi connectivity index (χ0v) is 6.41. The minimum absolute atomic E-state index is 0.514. The molecule has 1 atom stereocenters. The highest BCUT2D eigenvalue weighted by Crippen LogP contribution is 2.20. The van der Waals surface area contributed by atoms with E-state index in [2.05, 4.69) is 0 Å². The molecule has 1 rings (SSSR count). The maximum atomic E-state index is 9.37. The fraction of sp³-hybridized carbons (Fsp3) is 0.250. The molecule has 0 saturated carbocycles. The van der Waals surface area contributed by atoms with E-state index in [4.69, 9.17) is 11.5 Å². The Bertz CT molecular complexity index is 253. The molecule has 3 nitrogen and oxygen atoms in total. The van der Waals surface area contributed by atoms with Crippen LogP contribution in [0.4, 0.5) is 5.69 Å². The number of para-hydroxylation sites is 1. The number of hydrogen-bond acceptors (Lipinski definition) is 3. The van der Waals surface area contributed by atoms with E-state index in [0.717, 1.165) is 0 Å². The molecule has 0 saturated heterocycles. The van der Waals surface area contributed by atoms with E-state index in [1.165, 1.54) is 6.92 Å². The molecule has 1 aromatic rings. The van der Waals surface area contributed by atoms with Crippen LogP contribution in [-0.4, -0.2) is 5.11 Å². The van der Waals surface area contributed by atoms with Crippen LogP contribution in [0.15, 0.2) is 24.3 Å². The first-order chi connectivity index (χ1) is 5.02. The highest BCUT2D eigenvalue weighted by Gasteiger charge is 2.18. The SMILES string of the molecule is CC(N)(O)c1ccccc1N. The summed E-state index contributed by atoms with van der Waals surface area (Å²) in [5, 5.41) is 9.37. The maximum Gasteiger partial charge on any atom is 0.138 e. The molecule has 1 unspecified atom stereocenters. The summed E-state index contributed by atoms with van der Waals surface area (Å²) in [4.78, 5) is 0. The van der Waals surface area contributed by atoms with Gasteiger partial charge in [-0.05, 0) is 13.0 Å². The van der Waals surface area contributed by atoms with Gasteiger partial charge in [-0.3, -0.25) is 5.73 Å². The van der Waals surface area contributed by atoms with Gasteiger partial charge in [-0.2, -0.15) is 0 Å². The minimum Gasteiger partial charge on any atom is -0.398 e. The van der Waals surface area contributed by atoms with Crippen molar-refractivity contribution in [2.24, 2.45) is 5.73 Å². The summed E-state index contributed by atoms with van der Waals surface area (Å²) in [6.07, 6.45) is 0. The van der Waals surface area contributed by atoms with E-state index in [1.807, 2.05) is 0 Å². The van der Waals surface area contributed by atoms with Gasteiger partial charge in [0.2, 0.25) is 0 Å². The zero-order valence-electron chi connectivity index (χ0n) is 6.41. The summed E-state index contributed by atoms with van der Waals surface area (Å²) >= 11 is 0. The second-order valence-electron chi connectivity index (χ2n) is 2.73. The van der Waals surface area contributed by atoms with Crippen molar-refractivity contribution in [3.63, 3.8) is 0 Å². The van der Waals surface area contributed by atoms with Crippen LogP contribution in [0.5, 0.6) is 0 Å². The first-order valence-electron chi connectivity index (χ1n) is 3.38. The van der Waals surface area contributed by atoms with Gasteiger partial charge in [0, 0.05) is 11.3 Å². The number of rotatable bonds is 1. The molecule has 0 aromatic heterocycles. The number of nitrogens with two attached hydrogens (primary N) is 2. The fourth-order valence-electron chi connectivity index (χ4n) is 0.958. The Morgan fingerprint density at radius 2 is 1.91 bits per heavy atom. The van der Waals surface area contributed by atoms with Gasteiger partial charge < -0.3 is 10.8 Å². The minimum atomic E-state index is -1.34. The Kier molecular flexibility index (Phi) is 1.85. The smallest absolute Gasteiger partial charge is 0.138 e. The van der Waals surface area contributed by atoms with E-state index >= 15 is 0 Å². The van der Waals surface area contributed by atoms with Gasteiger partial charge in [0.1, 0.15) is 5.72 Å². The van der Waals surface area contributed by atoms with Crippen LogP contribution in [0.3, 0.4) is 0 Å². The van der Waals surface area contributed by atoms with Crippen LogP contribution in [0.2, 0.25) is 0 Å². The Labute approximate surface area is 65.6 Å². The average molecular weight is 152 g/mol. The third-order valence-corrected chi connectivity index (χ3v) is 1.51. The second kappa shape index (κ2) is 2.53. The first kappa shape index (κ1) is 8.04. The molecule has 0 aliphatic heterocycles. The molecule has 0 spiro atoms. The Morgan fingerprint density at radius 1 is 1.36 bits per heavy atom. The summed E-state index contributed by atoms with van der Waals surface area (Å²) in [6, 6.07) is 6.99. The van der Waals surface area contributed by atoms with Gasteiger partial charge in [0.15, 0.2) is 0 Å². The van der Waals surface area contributed by atoms with E-state index in [-0.39, 0.29) is 0 Å². The van der Waals surface area contributed by atoms with Crippen molar-refractivity contribution in [3.05, 3.63) is 29.8 Å². The van der Waals surface area contributed by atoms with Gasteiger partial charge in [0.25, 0.3) is 0 Å². The highest BCUT2D eigenvalue weighted by molar-refractivity contribution is 5.48. The average Bonchev–Trinajstić information content (AvgIpc) is 1.86. The first-order valence-corrected chi connectivity index (χ1v) is 3.38. The van der Waals surface area contributed by atoms with Gasteiger partial charge in [-0.1, -0.05) is 18.2 Å². The number of benzene rings is 1. The van der Waals surface area contributed by atoms with Crippen molar-refractivity contribution < 1.29 is 5.11 Å². The number of hydrogen-bond donors (Lipinski definition) is 3. The molecule has 3 heteroatoms. The molecular weight excluding hydrogens is 140 g/mol. The lowest BCUT2D eigenvalue weighted by Gasteiger charge is -2.19. The monoisotopic (exact) mass is 152 g/mol. The molecule has 0 heterocycles. The van der Waals surface area contributed by atoms with E-state index in [9.17, 15) is 5.11 Å². The topological polar surface area (TPSA) is 72.3 Å². The van der Waals surface area contributed by atoms with Crippen LogP contribution in [-0.2, 0) is 5.72 Å². The second-order valence-corrected chi connectivity index (χ2v) is 2.73. The van der Waals surface area contributed by atoms with Crippen LogP contribution >= 0.6 is 0 Å². The highest BCUT2D eigenvalue weighted by atomic mass is 16.3. The molecule has 0 aliphatic carbocycles. The fourth-order valence-corrected chi connectivity index (χ4v) is 0.958. The molecule has 0 aliphatic rings. The molecule has 0 amide bonds. The third kappa shape index (κ3) is 1.69. The van der Waals surface area contributed by atoms with E-state index in [1.54, 1.807) is 24.3 Å². The Hall–Kier alpha value is -1.06. The molecule has 0 bridgehead atoms. The molecule has 0 radical (unpaired) electrons. The number of nitrogen functional groups attached to an aromatic ring is 1. The van der Waals surface area contributed by atoms with E-state index in [0.29, 0.717) is 11.3 Å². The van der Waals surface area contributed by atoms with E-state index < -0.39 is 5.72 Å². The van der Waals surface area contributed by atoms with Gasteiger partial charge in [0.05, 0.1) is 0 Å². The zero-order chi connectivity index (χ0) is 8.48. The summed E-state index contributed by atoms with van der Waals surface area (Å²) in [6.45, 7) is 1.50. The number of aliphatic hydroxyl groups is 1. The summed E-state index contributed by atoms with van der Waals surface area (Å²) in [5.74, 6) is 0. The number of anilines is 1. The standard InChI is InChI=1S/C8H12N2O/c1-8(10,11)6-4-2-3-5-7(6)9/h2-5,11H,9-10H2,1H3. The van der Waals surface area contributed by atoms with Crippen LogP contribution in [0.1, 0.15) is 12.5 Å². The van der Waals surface area contributed by atoms with Crippen molar-refractivity contribution in [1.82, 2.24) is 0 Å². The molecule has 0 fully saturated rings. The van der Waals surface area contributed by atoms with Crippen molar-refractivity contribution in [1.29, 1.82) is 0 Å². The molecule has 5 N–H and O–H groups in total. The Balaban J connectivity index is 3.14. The van der Waals surface area contributed by atoms with Crippen molar-refractivity contribution in [2.75, 3.05) is 5.73 Å². The summed E-state index contributed by atoms with van der Waals surface area (Å²) in [7, 11) is 0. The third-order valence-electron chi connectivity index (χ3n) is 1.51. The largest absolute Gasteiger partial charge is 0.398 e. The van der Waals surface area contributed by atoms with Crippen molar-refractivity contribution in [3.8, 4) is 0 Å². The van der Waals surface area contributed by atoms with Gasteiger partial charge in [-0.25, -0.2) is 0 Å². The van der Waals surface area contributed by atoms with Crippen molar-refractivity contribution in [2.45, 2.75) is 12.6 Å². The lowest BCUT2D eigenvalue weighted by atomic mass is 10.0. The molecule has 11 heavy (non-hydrogen) atoms. The molecule has 60 valence electrons. The van der Waals surface area contributed by atoms with Crippen molar-refractivity contribution >= 4 is 5.69 Å². The predicted molar refractivity (Wildman–Crippen MR) is 44.6 cm³/mol. The predicted octanol–water partition coefficient (Wildman–Crippen LogP) is 0.393. The van der Waals surface area contributed by atoms with Gasteiger partial charge in [-0.15, -0.1) is 0 Å². The lowest BCUT2D eigenvalue weighted by molar-refractivity contribution is 0.0655. The Morgan fingerprint density at radius 3 is 2.27 bits per heavy atom. The maximum absolute atomic E-state index is 9.37. The summed E-state index contributed by atoms with van der Waals surface area (Å²) in [5.41, 5.74) is 10.7. The summed E-state index contributed by atoms with van der Waals surface area (Å²) < 4.78 is 0. The molecule has 1 aromatic carbocycles. The van der Waals surface area contributed by atoms with Gasteiger partial charge >= 0.3 is 0 Å². The normalized spacial score (nSPS) is 15.9. The van der Waals surface area contributed by atoms with Crippen LogP contribution in [0.25, 0.3) is 0 Å².